The van der Waals surface area contributed by atoms with Crippen LogP contribution in [0.3, 0.4) is 0 Å². The van der Waals surface area contributed by atoms with Crippen molar-refractivity contribution in [3.8, 4) is 0 Å². The van der Waals surface area contributed by atoms with Crippen LogP contribution in [0.1, 0.15) is 56.1 Å². The fourth-order valence-corrected chi connectivity index (χ4v) is 3.23. The number of hydrogen-bond acceptors (Lipinski definition) is 2. The normalized spacial score (nSPS) is 18.1. The third-order valence-electron chi connectivity index (χ3n) is 4.35. The minimum atomic E-state index is -0.826. The van der Waals surface area contributed by atoms with Gasteiger partial charge >= 0.3 is 5.97 Å². The number of carboxylic acid groups (broad SMARTS) is 1. The molecule has 19 heavy (non-hydrogen) atoms. The van der Waals surface area contributed by atoms with Crippen LogP contribution < -0.4 is 0 Å². The van der Waals surface area contributed by atoms with Crippen molar-refractivity contribution < 1.29 is 9.90 Å². The van der Waals surface area contributed by atoms with Crippen LogP contribution in [-0.4, -0.2) is 39.7 Å². The number of aromatic carboxylic acids is 1. The first-order valence-electron chi connectivity index (χ1n) is 7.31. The number of carbonyl (C=O) groups is 1. The van der Waals surface area contributed by atoms with Gasteiger partial charge in [0.05, 0.1) is 0 Å². The van der Waals surface area contributed by atoms with E-state index in [1.54, 1.807) is 6.07 Å². The van der Waals surface area contributed by atoms with E-state index in [0.717, 1.165) is 25.9 Å². The lowest BCUT2D eigenvalue weighted by atomic mass is 10.0. The quantitative estimate of drug-likeness (QED) is 0.889. The average molecular weight is 264 g/mol. The summed E-state index contributed by atoms with van der Waals surface area (Å²) in [6, 6.07) is 4.54. The first-order chi connectivity index (χ1) is 9.17. The fraction of sp³-hybridized carbons (Fsp3) is 0.667. The standard InChI is InChI=1S/C15H24N2O2/c1-3-12(4-2)16-10-7-13(8-11-16)17-9-5-6-14(17)15(18)19/h5-6,9,12-13H,3-4,7-8,10-11H2,1-2H3,(H,18,19). The van der Waals surface area contributed by atoms with E-state index in [0.29, 0.717) is 17.8 Å². The first kappa shape index (κ1) is 14.1. The molecule has 2 heterocycles. The van der Waals surface area contributed by atoms with Crippen molar-refractivity contribution in [3.63, 3.8) is 0 Å². The molecule has 2 rings (SSSR count). The monoisotopic (exact) mass is 264 g/mol. The maximum absolute atomic E-state index is 11.2. The summed E-state index contributed by atoms with van der Waals surface area (Å²) in [7, 11) is 0. The molecule has 0 amide bonds. The summed E-state index contributed by atoms with van der Waals surface area (Å²) in [5.74, 6) is -0.826. The Bertz CT molecular complexity index is 416. The molecule has 1 fully saturated rings. The largest absolute Gasteiger partial charge is 0.477 e. The van der Waals surface area contributed by atoms with Crippen molar-refractivity contribution in [1.29, 1.82) is 0 Å². The van der Waals surface area contributed by atoms with E-state index >= 15 is 0 Å². The van der Waals surface area contributed by atoms with Gasteiger partial charge < -0.3 is 14.6 Å². The van der Waals surface area contributed by atoms with Gasteiger partial charge in [-0.15, -0.1) is 0 Å². The lowest BCUT2D eigenvalue weighted by molar-refractivity contribution is 0.0674. The molecule has 1 aromatic rings. The lowest BCUT2D eigenvalue weighted by Crippen LogP contribution is -2.41. The lowest BCUT2D eigenvalue weighted by Gasteiger charge is -2.37. The van der Waals surface area contributed by atoms with E-state index < -0.39 is 5.97 Å². The maximum atomic E-state index is 11.2. The van der Waals surface area contributed by atoms with Crippen molar-refractivity contribution in [1.82, 2.24) is 9.47 Å². The zero-order valence-corrected chi connectivity index (χ0v) is 11.9. The van der Waals surface area contributed by atoms with E-state index in [1.807, 2.05) is 16.8 Å². The second kappa shape index (κ2) is 6.24. The summed E-state index contributed by atoms with van der Waals surface area (Å²) in [6.07, 6.45) is 6.40. The molecule has 0 radical (unpaired) electrons. The summed E-state index contributed by atoms with van der Waals surface area (Å²) >= 11 is 0. The molecule has 0 unspecified atom stereocenters. The van der Waals surface area contributed by atoms with Crippen molar-refractivity contribution in [2.24, 2.45) is 0 Å². The van der Waals surface area contributed by atoms with Gasteiger partial charge in [-0.05, 0) is 37.8 Å². The van der Waals surface area contributed by atoms with Gasteiger partial charge in [-0.2, -0.15) is 0 Å². The molecule has 0 aromatic carbocycles. The van der Waals surface area contributed by atoms with Gasteiger partial charge in [-0.25, -0.2) is 4.79 Å². The number of nitrogens with zero attached hydrogens (tertiary/aromatic N) is 2. The Morgan fingerprint density at radius 1 is 1.37 bits per heavy atom. The Hall–Kier alpha value is -1.29. The summed E-state index contributed by atoms with van der Waals surface area (Å²) in [5, 5.41) is 9.17. The number of hydrogen-bond donors (Lipinski definition) is 1. The van der Waals surface area contributed by atoms with Crippen LogP contribution in [0.5, 0.6) is 0 Å². The van der Waals surface area contributed by atoms with E-state index in [4.69, 9.17) is 0 Å². The van der Waals surface area contributed by atoms with Crippen LogP contribution in [0, 0.1) is 0 Å². The van der Waals surface area contributed by atoms with E-state index in [9.17, 15) is 9.90 Å². The highest BCUT2D eigenvalue weighted by Crippen LogP contribution is 2.26. The van der Waals surface area contributed by atoms with Gasteiger partial charge in [0.1, 0.15) is 5.69 Å². The predicted octanol–water partition coefficient (Wildman–Crippen LogP) is 3.01. The smallest absolute Gasteiger partial charge is 0.352 e. The van der Waals surface area contributed by atoms with Gasteiger partial charge in [-0.1, -0.05) is 13.8 Å². The zero-order valence-electron chi connectivity index (χ0n) is 11.9. The number of piperidine rings is 1. The minimum absolute atomic E-state index is 0.340. The third kappa shape index (κ3) is 3.00. The van der Waals surface area contributed by atoms with Crippen LogP contribution in [0.25, 0.3) is 0 Å². The van der Waals surface area contributed by atoms with E-state index in [-0.39, 0.29) is 0 Å². The third-order valence-corrected chi connectivity index (χ3v) is 4.35. The van der Waals surface area contributed by atoms with Gasteiger partial charge in [0, 0.05) is 31.4 Å². The molecule has 0 atom stereocenters. The van der Waals surface area contributed by atoms with E-state index in [2.05, 4.69) is 18.7 Å². The fourth-order valence-electron chi connectivity index (χ4n) is 3.23. The highest BCUT2D eigenvalue weighted by atomic mass is 16.4. The molecule has 1 saturated heterocycles. The van der Waals surface area contributed by atoms with Gasteiger partial charge in [0.15, 0.2) is 0 Å². The number of aromatic nitrogens is 1. The highest BCUT2D eigenvalue weighted by Gasteiger charge is 2.25. The number of rotatable bonds is 5. The second-order valence-electron chi connectivity index (χ2n) is 5.34. The maximum Gasteiger partial charge on any atom is 0.352 e. The Morgan fingerprint density at radius 3 is 2.53 bits per heavy atom. The molecule has 1 aliphatic heterocycles. The number of likely N-dealkylation sites (tertiary alicyclic amines) is 1. The van der Waals surface area contributed by atoms with Crippen molar-refractivity contribution in [3.05, 3.63) is 24.0 Å². The molecule has 0 aliphatic carbocycles. The highest BCUT2D eigenvalue weighted by molar-refractivity contribution is 5.85. The molecule has 4 nitrogen and oxygen atoms in total. The molecule has 1 aromatic heterocycles. The van der Waals surface area contributed by atoms with Crippen LogP contribution in [0.15, 0.2) is 18.3 Å². The Morgan fingerprint density at radius 2 is 2.00 bits per heavy atom. The molecule has 0 bridgehead atoms. The van der Waals surface area contributed by atoms with Crippen LogP contribution in [0.2, 0.25) is 0 Å². The predicted molar refractivity (Wildman–Crippen MR) is 75.6 cm³/mol. The minimum Gasteiger partial charge on any atom is -0.477 e. The van der Waals surface area contributed by atoms with Gasteiger partial charge in [-0.3, -0.25) is 0 Å². The zero-order chi connectivity index (χ0) is 13.8. The molecule has 4 heteroatoms. The molecule has 1 aliphatic rings. The molecular formula is C15H24N2O2. The second-order valence-corrected chi connectivity index (χ2v) is 5.34. The number of carboxylic acids is 1. The molecule has 0 spiro atoms. The van der Waals surface area contributed by atoms with Crippen LogP contribution in [0.4, 0.5) is 0 Å². The van der Waals surface area contributed by atoms with Crippen LogP contribution in [-0.2, 0) is 0 Å². The summed E-state index contributed by atoms with van der Waals surface area (Å²) < 4.78 is 1.94. The van der Waals surface area contributed by atoms with Gasteiger partial charge in [0.2, 0.25) is 0 Å². The van der Waals surface area contributed by atoms with Crippen molar-refractivity contribution in [2.75, 3.05) is 13.1 Å². The first-order valence-corrected chi connectivity index (χ1v) is 7.31. The molecular weight excluding hydrogens is 240 g/mol. The summed E-state index contributed by atoms with van der Waals surface area (Å²) in [6.45, 7) is 6.64. The van der Waals surface area contributed by atoms with Gasteiger partial charge in [0.25, 0.3) is 0 Å². The summed E-state index contributed by atoms with van der Waals surface area (Å²) in [5.41, 5.74) is 0.418. The molecule has 106 valence electrons. The molecule has 1 N–H and O–H groups in total. The topological polar surface area (TPSA) is 45.5 Å². The molecule has 0 saturated carbocycles. The Kier molecular flexibility index (Phi) is 4.64. The van der Waals surface area contributed by atoms with Crippen LogP contribution >= 0.6 is 0 Å². The SMILES string of the molecule is CCC(CC)N1CCC(n2cccc2C(=O)O)CC1. The average Bonchev–Trinajstić information content (AvgIpc) is 2.90. The Labute approximate surface area is 115 Å². The van der Waals surface area contributed by atoms with Crippen molar-refractivity contribution >= 4 is 5.97 Å². The van der Waals surface area contributed by atoms with E-state index in [1.165, 1.54) is 12.8 Å². The van der Waals surface area contributed by atoms with Crippen molar-refractivity contribution in [2.45, 2.75) is 51.6 Å². The summed E-state index contributed by atoms with van der Waals surface area (Å²) in [4.78, 5) is 13.7. The Balaban J connectivity index is 2.00.